The van der Waals surface area contributed by atoms with Crippen molar-refractivity contribution >= 4 is 5.78 Å². The van der Waals surface area contributed by atoms with Crippen LogP contribution in [0.5, 0.6) is 0 Å². The lowest BCUT2D eigenvalue weighted by molar-refractivity contribution is -0.133. The number of hydrogen-bond acceptors (Lipinski definition) is 3. The van der Waals surface area contributed by atoms with E-state index in [-0.39, 0.29) is 11.8 Å². The molecule has 0 bridgehead atoms. The largest absolute Gasteiger partial charge is 0.392 e. The monoisotopic (exact) mass is 252 g/mol. The van der Waals surface area contributed by atoms with Crippen LogP contribution in [-0.2, 0) is 4.79 Å². The topological polar surface area (TPSA) is 57.5 Å². The lowest BCUT2D eigenvalue weighted by atomic mass is 9.71. The molecule has 3 nitrogen and oxygen atoms in total. The molecule has 18 heavy (non-hydrogen) atoms. The first-order chi connectivity index (χ1) is 8.63. The van der Waals surface area contributed by atoms with Gasteiger partial charge in [0.25, 0.3) is 0 Å². The molecule has 0 aliphatic heterocycles. The molecule has 0 aromatic carbocycles. The fourth-order valence-corrected chi connectivity index (χ4v) is 3.24. The van der Waals surface area contributed by atoms with Crippen LogP contribution in [0.3, 0.4) is 0 Å². The van der Waals surface area contributed by atoms with Gasteiger partial charge in [-0.05, 0) is 18.8 Å². The van der Waals surface area contributed by atoms with E-state index in [1.165, 1.54) is 0 Å². The second-order valence-corrected chi connectivity index (χ2v) is 5.77. The third-order valence-electron chi connectivity index (χ3n) is 4.46. The quantitative estimate of drug-likeness (QED) is 0.562. The Morgan fingerprint density at radius 2 is 2.22 bits per heavy atom. The Kier molecular flexibility index (Phi) is 4.57. The van der Waals surface area contributed by atoms with Gasteiger partial charge in [-0.25, -0.2) is 0 Å². The Labute approximate surface area is 109 Å². The van der Waals surface area contributed by atoms with Crippen LogP contribution in [0.4, 0.5) is 0 Å². The molecule has 0 amide bonds. The highest BCUT2D eigenvalue weighted by molar-refractivity contribution is 5.88. The highest BCUT2D eigenvalue weighted by atomic mass is 16.3. The first-order valence-corrected chi connectivity index (χ1v) is 7.20. The van der Waals surface area contributed by atoms with Crippen LogP contribution in [0.25, 0.3) is 0 Å². The number of carbonyl (C=O) groups excluding carboxylic acids is 1. The Bertz CT molecular complexity index is 324. The molecular formula is C15H24O3. The normalized spacial score (nSPS) is 36.7. The molecule has 2 aliphatic rings. The summed E-state index contributed by atoms with van der Waals surface area (Å²) in [5, 5.41) is 19.7. The zero-order valence-corrected chi connectivity index (χ0v) is 11.1. The van der Waals surface area contributed by atoms with Gasteiger partial charge in [0.1, 0.15) is 5.78 Å². The van der Waals surface area contributed by atoms with Crippen molar-refractivity contribution in [2.75, 3.05) is 0 Å². The molecule has 3 heteroatoms. The lowest BCUT2D eigenvalue weighted by Gasteiger charge is -2.31. The highest BCUT2D eigenvalue weighted by Crippen LogP contribution is 2.48. The lowest BCUT2D eigenvalue weighted by Crippen LogP contribution is -2.35. The number of hydrogen-bond donors (Lipinski definition) is 2. The smallest absolute Gasteiger partial charge is 0.136 e. The van der Waals surface area contributed by atoms with Gasteiger partial charge in [0, 0.05) is 18.3 Å². The van der Waals surface area contributed by atoms with Gasteiger partial charge in [-0.3, -0.25) is 4.79 Å². The van der Waals surface area contributed by atoms with Crippen molar-refractivity contribution in [3.8, 4) is 0 Å². The van der Waals surface area contributed by atoms with Crippen LogP contribution >= 0.6 is 0 Å². The predicted octanol–water partition coefficient (Wildman–Crippen LogP) is 2.07. The molecule has 1 unspecified atom stereocenters. The van der Waals surface area contributed by atoms with E-state index in [1.54, 1.807) is 0 Å². The first kappa shape index (κ1) is 13.8. The number of ketones is 1. The van der Waals surface area contributed by atoms with Crippen molar-refractivity contribution in [3.05, 3.63) is 12.2 Å². The number of carbonyl (C=O) groups is 1. The second-order valence-electron chi connectivity index (χ2n) is 5.77. The summed E-state index contributed by atoms with van der Waals surface area (Å²) in [7, 11) is 0. The minimum Gasteiger partial charge on any atom is -0.392 e. The summed E-state index contributed by atoms with van der Waals surface area (Å²) in [5.41, 5.74) is 0. The second kappa shape index (κ2) is 5.98. The fraction of sp³-hybridized carbons (Fsp3) is 0.800. The summed E-state index contributed by atoms with van der Waals surface area (Å²) < 4.78 is 0. The van der Waals surface area contributed by atoms with Crippen molar-refractivity contribution in [1.29, 1.82) is 0 Å². The van der Waals surface area contributed by atoms with Gasteiger partial charge in [-0.1, -0.05) is 38.3 Å². The van der Waals surface area contributed by atoms with E-state index >= 15 is 0 Å². The van der Waals surface area contributed by atoms with Gasteiger partial charge in [-0.15, -0.1) is 0 Å². The van der Waals surface area contributed by atoms with E-state index in [4.69, 9.17) is 0 Å². The van der Waals surface area contributed by atoms with Gasteiger partial charge >= 0.3 is 0 Å². The van der Waals surface area contributed by atoms with E-state index in [9.17, 15) is 15.0 Å². The van der Waals surface area contributed by atoms with Gasteiger partial charge in [0.2, 0.25) is 0 Å². The number of Topliss-reactive ketones (excluding diaryl/α,β-unsaturated/α-hetero) is 1. The third kappa shape index (κ3) is 2.83. The van der Waals surface area contributed by atoms with Crippen molar-refractivity contribution in [1.82, 2.24) is 0 Å². The van der Waals surface area contributed by atoms with Crippen LogP contribution in [0, 0.1) is 17.8 Å². The standard InChI is InChI=1S/C15H24O3/c1-2-3-4-5-10(16)6-7-11-12-8-15(18)13(12)9-14(11)17/h6-7,10-14,16-17H,2-5,8-9H2,1H3/t10?,11-,12-,13+,14-/m0/s1. The van der Waals surface area contributed by atoms with Crippen LogP contribution in [-0.4, -0.2) is 28.2 Å². The molecule has 2 rings (SSSR count). The van der Waals surface area contributed by atoms with Gasteiger partial charge in [-0.2, -0.15) is 0 Å². The summed E-state index contributed by atoms with van der Waals surface area (Å²) in [6.45, 7) is 2.14. The van der Waals surface area contributed by atoms with Gasteiger partial charge in [0.05, 0.1) is 12.2 Å². The van der Waals surface area contributed by atoms with Gasteiger partial charge < -0.3 is 10.2 Å². The average molecular weight is 252 g/mol. The minimum atomic E-state index is -0.404. The maximum absolute atomic E-state index is 11.3. The summed E-state index contributed by atoms with van der Waals surface area (Å²) in [4.78, 5) is 11.3. The predicted molar refractivity (Wildman–Crippen MR) is 70.0 cm³/mol. The van der Waals surface area contributed by atoms with E-state index in [2.05, 4.69) is 6.92 Å². The molecule has 2 N–H and O–H groups in total. The van der Waals surface area contributed by atoms with Crippen LogP contribution < -0.4 is 0 Å². The number of fused-ring (bicyclic) bond motifs is 1. The number of aliphatic hydroxyl groups excluding tert-OH is 2. The zero-order chi connectivity index (χ0) is 13.1. The van der Waals surface area contributed by atoms with Crippen molar-refractivity contribution < 1.29 is 15.0 Å². The van der Waals surface area contributed by atoms with E-state index in [0.717, 1.165) is 25.7 Å². The maximum Gasteiger partial charge on any atom is 0.136 e. The molecule has 2 fully saturated rings. The molecule has 2 saturated carbocycles. The average Bonchev–Trinajstić information content (AvgIpc) is 2.59. The van der Waals surface area contributed by atoms with E-state index < -0.39 is 12.2 Å². The SMILES string of the molecule is CCCCCC(O)C=C[C@H]1[C@@H]2CC(=O)[C@@H]2C[C@@H]1O. The van der Waals surface area contributed by atoms with Crippen LogP contribution in [0.1, 0.15) is 45.4 Å². The van der Waals surface area contributed by atoms with E-state index in [1.807, 2.05) is 12.2 Å². The zero-order valence-electron chi connectivity index (χ0n) is 11.1. The molecule has 0 saturated heterocycles. The highest BCUT2D eigenvalue weighted by Gasteiger charge is 2.51. The molecule has 0 aromatic heterocycles. The molecule has 0 spiro atoms. The number of unbranched alkanes of at least 4 members (excludes halogenated alkanes) is 2. The molecule has 5 atom stereocenters. The minimum absolute atomic E-state index is 0.0773. The molecule has 0 radical (unpaired) electrons. The fourth-order valence-electron chi connectivity index (χ4n) is 3.24. The first-order valence-electron chi connectivity index (χ1n) is 7.20. The summed E-state index contributed by atoms with van der Waals surface area (Å²) >= 11 is 0. The van der Waals surface area contributed by atoms with E-state index in [0.29, 0.717) is 24.5 Å². The third-order valence-corrected chi connectivity index (χ3v) is 4.46. The Hall–Kier alpha value is -0.670. The van der Waals surface area contributed by atoms with Gasteiger partial charge in [0.15, 0.2) is 0 Å². The Morgan fingerprint density at radius 3 is 2.83 bits per heavy atom. The summed E-state index contributed by atoms with van der Waals surface area (Å²) in [6.07, 6.45) is 8.32. The Morgan fingerprint density at radius 1 is 1.44 bits per heavy atom. The van der Waals surface area contributed by atoms with Crippen LogP contribution in [0.2, 0.25) is 0 Å². The molecule has 0 aromatic rings. The van der Waals surface area contributed by atoms with Crippen LogP contribution in [0.15, 0.2) is 12.2 Å². The maximum atomic E-state index is 11.3. The molecular weight excluding hydrogens is 228 g/mol. The summed E-state index contributed by atoms with van der Waals surface area (Å²) in [5.74, 6) is 0.797. The Balaban J connectivity index is 1.80. The van der Waals surface area contributed by atoms with Crippen molar-refractivity contribution in [2.45, 2.75) is 57.7 Å². The summed E-state index contributed by atoms with van der Waals surface area (Å²) in [6, 6.07) is 0. The molecule has 2 aliphatic carbocycles. The molecule has 102 valence electrons. The van der Waals surface area contributed by atoms with Crippen molar-refractivity contribution in [2.24, 2.45) is 17.8 Å². The van der Waals surface area contributed by atoms with Crippen molar-refractivity contribution in [3.63, 3.8) is 0 Å². The number of aliphatic hydroxyl groups is 2. The number of rotatable bonds is 6. The molecule has 0 heterocycles.